The highest BCUT2D eigenvalue weighted by molar-refractivity contribution is 5.53. The fraction of sp³-hybridized carbons (Fsp3) is 0.0714. The summed E-state index contributed by atoms with van der Waals surface area (Å²) in [7, 11) is 0. The highest BCUT2D eigenvalue weighted by Gasteiger charge is 2.02. The molecule has 2 N–H and O–H groups in total. The lowest BCUT2D eigenvalue weighted by atomic mass is 10.3. The van der Waals surface area contributed by atoms with Crippen LogP contribution in [0.5, 0.6) is 0 Å². The van der Waals surface area contributed by atoms with Crippen LogP contribution in [-0.4, -0.2) is 15.2 Å². The molecule has 0 unspecified atom stereocenters. The molecule has 0 atom stereocenters. The fourth-order valence-electron chi connectivity index (χ4n) is 1.68. The van der Waals surface area contributed by atoms with Gasteiger partial charge in [0.2, 0.25) is 5.95 Å². The van der Waals surface area contributed by atoms with Crippen LogP contribution in [0.4, 0.5) is 17.5 Å². The molecule has 0 fully saturated rings. The number of nitrogens with zero attached hydrogens (tertiary/aromatic N) is 3. The van der Waals surface area contributed by atoms with E-state index in [0.717, 1.165) is 11.4 Å². The number of anilines is 3. The highest BCUT2D eigenvalue weighted by atomic mass is 16.3. The van der Waals surface area contributed by atoms with Crippen LogP contribution < -0.4 is 10.6 Å². The summed E-state index contributed by atoms with van der Waals surface area (Å²) in [5.74, 6) is 1.91. The van der Waals surface area contributed by atoms with E-state index in [2.05, 4.69) is 25.8 Å². The van der Waals surface area contributed by atoms with Gasteiger partial charge in [0.1, 0.15) is 5.76 Å². The molecule has 3 aromatic rings. The molecule has 0 saturated heterocycles. The molecule has 2 aromatic heterocycles. The zero-order valence-corrected chi connectivity index (χ0v) is 10.7. The van der Waals surface area contributed by atoms with Crippen molar-refractivity contribution in [3.63, 3.8) is 0 Å². The summed E-state index contributed by atoms with van der Waals surface area (Å²) in [6, 6.07) is 13.4. The molecule has 3 rings (SSSR count). The summed E-state index contributed by atoms with van der Waals surface area (Å²) >= 11 is 0. The van der Waals surface area contributed by atoms with Crippen molar-refractivity contribution >= 4 is 17.5 Å². The Kier molecular flexibility index (Phi) is 3.55. The molecule has 0 amide bonds. The van der Waals surface area contributed by atoms with Gasteiger partial charge in [-0.1, -0.05) is 18.2 Å². The van der Waals surface area contributed by atoms with E-state index in [9.17, 15) is 0 Å². The summed E-state index contributed by atoms with van der Waals surface area (Å²) in [5.41, 5.74) is 0.914. The van der Waals surface area contributed by atoms with Crippen LogP contribution in [0.2, 0.25) is 0 Å². The molecule has 0 saturated carbocycles. The molecule has 100 valence electrons. The molecule has 2 heterocycles. The Balaban J connectivity index is 1.66. The fourth-order valence-corrected chi connectivity index (χ4v) is 1.68. The maximum absolute atomic E-state index is 5.24. The van der Waals surface area contributed by atoms with Crippen LogP contribution in [0.3, 0.4) is 0 Å². The van der Waals surface area contributed by atoms with Gasteiger partial charge in [-0.05, 0) is 24.3 Å². The SMILES string of the molecule is c1ccc(Nc2nncc(NCc3ccco3)n2)cc1. The second-order valence-electron chi connectivity index (χ2n) is 4.09. The van der Waals surface area contributed by atoms with Gasteiger partial charge in [-0.2, -0.15) is 10.1 Å². The number of furan rings is 1. The summed E-state index contributed by atoms with van der Waals surface area (Å²) < 4.78 is 5.24. The van der Waals surface area contributed by atoms with E-state index in [-0.39, 0.29) is 0 Å². The second kappa shape index (κ2) is 5.83. The predicted molar refractivity (Wildman–Crippen MR) is 75.6 cm³/mol. The Labute approximate surface area is 115 Å². The molecular weight excluding hydrogens is 254 g/mol. The number of para-hydroxylation sites is 1. The number of benzene rings is 1. The molecule has 0 bridgehead atoms. The molecule has 0 aliphatic heterocycles. The Hall–Kier alpha value is -2.89. The maximum Gasteiger partial charge on any atom is 0.249 e. The van der Waals surface area contributed by atoms with Gasteiger partial charge in [-0.15, -0.1) is 5.10 Å². The Morgan fingerprint density at radius 2 is 1.95 bits per heavy atom. The van der Waals surface area contributed by atoms with E-state index in [1.165, 1.54) is 0 Å². The first kappa shape index (κ1) is 12.2. The topological polar surface area (TPSA) is 75.9 Å². The Bertz CT molecular complexity index is 654. The van der Waals surface area contributed by atoms with Gasteiger partial charge in [0, 0.05) is 5.69 Å². The van der Waals surface area contributed by atoms with E-state index in [1.54, 1.807) is 12.5 Å². The van der Waals surface area contributed by atoms with Gasteiger partial charge in [0.05, 0.1) is 19.0 Å². The lowest BCUT2D eigenvalue weighted by molar-refractivity contribution is 0.517. The lowest BCUT2D eigenvalue weighted by Gasteiger charge is -2.06. The van der Waals surface area contributed by atoms with Gasteiger partial charge in [-0.3, -0.25) is 0 Å². The van der Waals surface area contributed by atoms with Crippen LogP contribution in [0.1, 0.15) is 5.76 Å². The van der Waals surface area contributed by atoms with Crippen LogP contribution in [0, 0.1) is 0 Å². The third-order valence-corrected chi connectivity index (χ3v) is 2.61. The van der Waals surface area contributed by atoms with Crippen molar-refractivity contribution in [2.45, 2.75) is 6.54 Å². The largest absolute Gasteiger partial charge is 0.467 e. The number of rotatable bonds is 5. The predicted octanol–water partition coefficient (Wildman–Crippen LogP) is 2.82. The first-order valence-corrected chi connectivity index (χ1v) is 6.18. The van der Waals surface area contributed by atoms with Crippen LogP contribution in [0.25, 0.3) is 0 Å². The van der Waals surface area contributed by atoms with E-state index in [0.29, 0.717) is 18.3 Å². The van der Waals surface area contributed by atoms with E-state index < -0.39 is 0 Å². The van der Waals surface area contributed by atoms with Crippen molar-refractivity contribution in [3.8, 4) is 0 Å². The molecule has 0 aliphatic carbocycles. The summed E-state index contributed by atoms with van der Waals surface area (Å²) in [6.07, 6.45) is 3.21. The highest BCUT2D eigenvalue weighted by Crippen LogP contribution is 2.13. The third-order valence-electron chi connectivity index (χ3n) is 2.61. The summed E-state index contributed by atoms with van der Waals surface area (Å²) in [4.78, 5) is 4.33. The van der Waals surface area contributed by atoms with Gasteiger partial charge < -0.3 is 15.1 Å². The van der Waals surface area contributed by atoms with Gasteiger partial charge in [0.25, 0.3) is 0 Å². The third kappa shape index (κ3) is 3.11. The minimum atomic E-state index is 0.445. The zero-order valence-electron chi connectivity index (χ0n) is 10.7. The Morgan fingerprint density at radius 3 is 2.75 bits per heavy atom. The summed E-state index contributed by atoms with van der Waals surface area (Å²) in [5, 5.41) is 14.1. The van der Waals surface area contributed by atoms with E-state index >= 15 is 0 Å². The van der Waals surface area contributed by atoms with E-state index in [1.807, 2.05) is 42.5 Å². The minimum absolute atomic E-state index is 0.445. The first-order chi connectivity index (χ1) is 9.90. The molecule has 20 heavy (non-hydrogen) atoms. The van der Waals surface area contributed by atoms with Crippen molar-refractivity contribution in [1.82, 2.24) is 15.2 Å². The van der Waals surface area contributed by atoms with Crippen molar-refractivity contribution in [2.75, 3.05) is 10.6 Å². The van der Waals surface area contributed by atoms with Crippen molar-refractivity contribution in [2.24, 2.45) is 0 Å². The summed E-state index contributed by atoms with van der Waals surface area (Å²) in [6.45, 7) is 0.552. The molecule has 0 radical (unpaired) electrons. The normalized spacial score (nSPS) is 10.2. The molecule has 0 aliphatic rings. The average molecular weight is 267 g/mol. The minimum Gasteiger partial charge on any atom is -0.467 e. The van der Waals surface area contributed by atoms with Crippen molar-refractivity contribution in [3.05, 3.63) is 60.7 Å². The molecule has 6 nitrogen and oxygen atoms in total. The number of hydrogen-bond acceptors (Lipinski definition) is 6. The van der Waals surface area contributed by atoms with Crippen molar-refractivity contribution in [1.29, 1.82) is 0 Å². The smallest absolute Gasteiger partial charge is 0.249 e. The van der Waals surface area contributed by atoms with Crippen molar-refractivity contribution < 1.29 is 4.42 Å². The molecule has 1 aromatic carbocycles. The molecule has 0 spiro atoms. The maximum atomic E-state index is 5.24. The number of hydrogen-bond donors (Lipinski definition) is 2. The van der Waals surface area contributed by atoms with E-state index in [4.69, 9.17) is 4.42 Å². The number of nitrogens with one attached hydrogen (secondary N) is 2. The second-order valence-corrected chi connectivity index (χ2v) is 4.09. The quantitative estimate of drug-likeness (QED) is 0.740. The first-order valence-electron chi connectivity index (χ1n) is 6.18. The average Bonchev–Trinajstić information content (AvgIpc) is 3.00. The monoisotopic (exact) mass is 267 g/mol. The van der Waals surface area contributed by atoms with Gasteiger partial charge in [0.15, 0.2) is 5.82 Å². The van der Waals surface area contributed by atoms with Crippen LogP contribution >= 0.6 is 0 Å². The standard InChI is InChI=1S/C14H13N5O/c1-2-5-11(6-3-1)17-14-18-13(10-16-19-14)15-9-12-7-4-8-20-12/h1-8,10H,9H2,(H2,15,17,18,19). The molecular formula is C14H13N5O. The zero-order chi connectivity index (χ0) is 13.6. The lowest BCUT2D eigenvalue weighted by Crippen LogP contribution is -2.05. The number of aromatic nitrogens is 3. The Morgan fingerprint density at radius 1 is 1.05 bits per heavy atom. The van der Waals surface area contributed by atoms with Gasteiger partial charge >= 0.3 is 0 Å². The molecule has 6 heteroatoms. The van der Waals surface area contributed by atoms with Gasteiger partial charge in [-0.25, -0.2) is 0 Å². The van der Waals surface area contributed by atoms with Crippen LogP contribution in [0.15, 0.2) is 59.3 Å². The van der Waals surface area contributed by atoms with Crippen LogP contribution in [-0.2, 0) is 6.54 Å².